The molecule has 0 bridgehead atoms. The molecule has 0 aliphatic carbocycles. The molecule has 2 amide bonds. The highest BCUT2D eigenvalue weighted by Crippen LogP contribution is 2.30. The summed E-state index contributed by atoms with van der Waals surface area (Å²) in [5.41, 5.74) is 1.61. The Morgan fingerprint density at radius 2 is 1.93 bits per heavy atom. The van der Waals surface area contributed by atoms with E-state index in [0.29, 0.717) is 41.0 Å². The van der Waals surface area contributed by atoms with E-state index in [9.17, 15) is 9.59 Å². The van der Waals surface area contributed by atoms with Crippen LogP contribution in [0.5, 0.6) is 0 Å². The molecular weight excluding hydrogens is 382 g/mol. The van der Waals surface area contributed by atoms with Crippen LogP contribution in [-0.4, -0.2) is 42.9 Å². The number of nitrogens with one attached hydrogen (secondary N) is 1. The fraction of sp³-hybridized carbons (Fsp3) is 0.400. The van der Waals surface area contributed by atoms with Gasteiger partial charge >= 0.3 is 0 Å². The number of amides is 2. The highest BCUT2D eigenvalue weighted by atomic mass is 35.5. The molecule has 0 radical (unpaired) electrons. The van der Waals surface area contributed by atoms with E-state index >= 15 is 0 Å². The smallest absolute Gasteiger partial charge is 0.265 e. The van der Waals surface area contributed by atoms with Crippen LogP contribution < -0.4 is 10.2 Å². The molecule has 0 atom stereocenters. The number of hydrogen-bond acceptors (Lipinski definition) is 4. The second-order valence-electron chi connectivity index (χ2n) is 7.06. The van der Waals surface area contributed by atoms with Crippen molar-refractivity contribution in [3.05, 3.63) is 45.6 Å². The van der Waals surface area contributed by atoms with Gasteiger partial charge in [0.15, 0.2) is 0 Å². The van der Waals surface area contributed by atoms with Crippen LogP contribution in [0, 0.1) is 5.92 Å². The van der Waals surface area contributed by atoms with Crippen molar-refractivity contribution < 1.29 is 9.59 Å². The zero-order valence-corrected chi connectivity index (χ0v) is 17.1. The molecule has 5 nitrogen and oxygen atoms in total. The third-order valence-corrected chi connectivity index (χ3v) is 5.68. The largest absolute Gasteiger partial charge is 0.367 e. The Hall–Kier alpha value is -2.05. The van der Waals surface area contributed by atoms with E-state index in [1.165, 1.54) is 11.3 Å². The topological polar surface area (TPSA) is 52.7 Å². The summed E-state index contributed by atoms with van der Waals surface area (Å²) < 4.78 is 0. The van der Waals surface area contributed by atoms with Gasteiger partial charge in [-0.3, -0.25) is 9.59 Å². The number of rotatable bonds is 5. The first-order chi connectivity index (χ1) is 12.9. The predicted octanol–water partition coefficient (Wildman–Crippen LogP) is 4.35. The molecular formula is C20H24ClN3O2S. The first-order valence-corrected chi connectivity index (χ1v) is 10.4. The van der Waals surface area contributed by atoms with Crippen molar-refractivity contribution in [2.45, 2.75) is 20.3 Å². The first-order valence-electron chi connectivity index (χ1n) is 9.11. The summed E-state index contributed by atoms with van der Waals surface area (Å²) in [7, 11) is 0. The van der Waals surface area contributed by atoms with Crippen molar-refractivity contribution >= 4 is 46.1 Å². The average molecular weight is 406 g/mol. The lowest BCUT2D eigenvalue weighted by Crippen LogP contribution is -2.49. The number of hydrogen-bond donors (Lipinski definition) is 1. The van der Waals surface area contributed by atoms with Crippen molar-refractivity contribution in [2.75, 3.05) is 36.4 Å². The SMILES string of the molecule is CC(C)CC(=O)N1CCN(c2ccc(NC(=O)c3cccs3)cc2Cl)CC1. The van der Waals surface area contributed by atoms with Gasteiger partial charge in [-0.1, -0.05) is 31.5 Å². The maximum Gasteiger partial charge on any atom is 0.265 e. The van der Waals surface area contributed by atoms with Gasteiger partial charge in [0.25, 0.3) is 5.91 Å². The zero-order valence-electron chi connectivity index (χ0n) is 15.6. The lowest BCUT2D eigenvalue weighted by Gasteiger charge is -2.36. The van der Waals surface area contributed by atoms with Crippen molar-refractivity contribution in [3.63, 3.8) is 0 Å². The minimum Gasteiger partial charge on any atom is -0.367 e. The van der Waals surface area contributed by atoms with Gasteiger partial charge in [-0.05, 0) is 35.6 Å². The fourth-order valence-electron chi connectivity index (χ4n) is 3.12. The number of piperazine rings is 1. The van der Waals surface area contributed by atoms with Crippen LogP contribution in [0.1, 0.15) is 29.9 Å². The van der Waals surface area contributed by atoms with Crippen LogP contribution in [-0.2, 0) is 4.79 Å². The third-order valence-electron chi connectivity index (χ3n) is 4.51. The second kappa shape index (κ2) is 8.76. The van der Waals surface area contributed by atoms with Gasteiger partial charge in [0, 0.05) is 38.3 Å². The van der Waals surface area contributed by atoms with E-state index in [-0.39, 0.29) is 11.8 Å². The van der Waals surface area contributed by atoms with E-state index in [1.807, 2.05) is 28.5 Å². The van der Waals surface area contributed by atoms with Crippen LogP contribution in [0.3, 0.4) is 0 Å². The molecule has 1 aliphatic rings. The lowest BCUT2D eigenvalue weighted by molar-refractivity contribution is -0.132. The van der Waals surface area contributed by atoms with Gasteiger partial charge in [0.1, 0.15) is 0 Å². The number of carbonyl (C=O) groups is 2. The van der Waals surface area contributed by atoms with Crippen molar-refractivity contribution in [1.29, 1.82) is 0 Å². The van der Waals surface area contributed by atoms with E-state index < -0.39 is 0 Å². The monoisotopic (exact) mass is 405 g/mol. The quantitative estimate of drug-likeness (QED) is 0.804. The predicted molar refractivity (Wildman–Crippen MR) is 112 cm³/mol. The minimum absolute atomic E-state index is 0.133. The molecule has 144 valence electrons. The molecule has 0 unspecified atom stereocenters. The van der Waals surface area contributed by atoms with Crippen molar-refractivity contribution in [1.82, 2.24) is 4.90 Å². The number of carbonyl (C=O) groups excluding carboxylic acids is 2. The summed E-state index contributed by atoms with van der Waals surface area (Å²) in [4.78, 5) is 29.1. The van der Waals surface area contributed by atoms with Gasteiger partial charge in [-0.2, -0.15) is 0 Å². The Bertz CT molecular complexity index is 800. The Kier molecular flexibility index (Phi) is 6.39. The van der Waals surface area contributed by atoms with E-state index in [1.54, 1.807) is 12.1 Å². The molecule has 1 N–H and O–H groups in total. The van der Waals surface area contributed by atoms with Crippen LogP contribution in [0.4, 0.5) is 11.4 Å². The average Bonchev–Trinajstić information content (AvgIpc) is 3.16. The molecule has 1 aromatic carbocycles. The molecule has 7 heteroatoms. The number of halogens is 1. The highest BCUT2D eigenvalue weighted by Gasteiger charge is 2.23. The molecule has 2 aromatic rings. The summed E-state index contributed by atoms with van der Waals surface area (Å²) in [6, 6.07) is 9.21. The van der Waals surface area contributed by atoms with Gasteiger partial charge in [0.05, 0.1) is 15.6 Å². The summed E-state index contributed by atoms with van der Waals surface area (Å²) in [6.07, 6.45) is 0.597. The summed E-state index contributed by atoms with van der Waals surface area (Å²) in [5, 5.41) is 5.34. The molecule has 1 saturated heterocycles. The van der Waals surface area contributed by atoms with E-state index in [2.05, 4.69) is 24.1 Å². The fourth-order valence-corrected chi connectivity index (χ4v) is 4.04. The Balaban J connectivity index is 1.60. The summed E-state index contributed by atoms with van der Waals surface area (Å²) >= 11 is 7.87. The standard InChI is InChI=1S/C20H24ClN3O2S/c1-14(2)12-19(25)24-9-7-23(8-10-24)17-6-5-15(13-16(17)21)22-20(26)18-4-3-11-27-18/h3-6,11,13-14H,7-10,12H2,1-2H3,(H,22,26). The molecule has 2 heterocycles. The Morgan fingerprint density at radius 1 is 1.19 bits per heavy atom. The summed E-state index contributed by atoms with van der Waals surface area (Å²) in [6.45, 7) is 7.05. The maximum absolute atomic E-state index is 12.2. The van der Waals surface area contributed by atoms with E-state index in [4.69, 9.17) is 11.6 Å². The number of benzene rings is 1. The second-order valence-corrected chi connectivity index (χ2v) is 8.42. The van der Waals surface area contributed by atoms with Gasteiger partial charge < -0.3 is 15.1 Å². The third kappa shape index (κ3) is 5.02. The number of nitrogens with zero attached hydrogens (tertiary/aromatic N) is 2. The van der Waals surface area contributed by atoms with Gasteiger partial charge in [-0.15, -0.1) is 11.3 Å². The molecule has 0 saturated carbocycles. The maximum atomic E-state index is 12.2. The molecule has 1 fully saturated rings. The van der Waals surface area contributed by atoms with Gasteiger partial charge in [0.2, 0.25) is 5.91 Å². The van der Waals surface area contributed by atoms with Crippen LogP contribution >= 0.6 is 22.9 Å². The molecule has 1 aromatic heterocycles. The summed E-state index contributed by atoms with van der Waals surface area (Å²) in [5.74, 6) is 0.468. The Morgan fingerprint density at radius 3 is 2.52 bits per heavy atom. The Labute approximate surface area is 168 Å². The normalized spacial score (nSPS) is 14.5. The van der Waals surface area contributed by atoms with Crippen molar-refractivity contribution in [2.24, 2.45) is 5.92 Å². The van der Waals surface area contributed by atoms with Crippen LogP contribution in [0.15, 0.2) is 35.7 Å². The minimum atomic E-state index is -0.133. The first kappa shape index (κ1) is 19.7. The zero-order chi connectivity index (χ0) is 19.4. The lowest BCUT2D eigenvalue weighted by atomic mass is 10.1. The van der Waals surface area contributed by atoms with Crippen LogP contribution in [0.25, 0.3) is 0 Å². The molecule has 27 heavy (non-hydrogen) atoms. The molecule has 1 aliphatic heterocycles. The molecule has 3 rings (SSSR count). The van der Waals surface area contributed by atoms with Crippen molar-refractivity contribution in [3.8, 4) is 0 Å². The number of anilines is 2. The highest BCUT2D eigenvalue weighted by molar-refractivity contribution is 7.12. The van der Waals surface area contributed by atoms with Crippen LogP contribution in [0.2, 0.25) is 5.02 Å². The van der Waals surface area contributed by atoms with Gasteiger partial charge in [-0.25, -0.2) is 0 Å². The molecule has 0 spiro atoms. The number of thiophene rings is 1. The van der Waals surface area contributed by atoms with E-state index in [0.717, 1.165) is 18.8 Å².